The van der Waals surface area contributed by atoms with E-state index < -0.39 is 0 Å². The van der Waals surface area contributed by atoms with Crippen LogP contribution in [0.1, 0.15) is 16.8 Å². The Bertz CT molecular complexity index is 663. The molecule has 0 bridgehead atoms. The number of carbonyl (C=O) groups excluding carboxylic acids is 2. The second-order valence-corrected chi connectivity index (χ2v) is 5.96. The average molecular weight is 371 g/mol. The molecular weight excluding hydrogens is 351 g/mol. The van der Waals surface area contributed by atoms with E-state index in [0.717, 1.165) is 19.5 Å². The fourth-order valence-electron chi connectivity index (χ4n) is 2.69. The maximum Gasteiger partial charge on any atom is 0.322 e. The highest BCUT2D eigenvalue weighted by atomic mass is 35.5. The number of benzene rings is 1. The molecule has 0 spiro atoms. The van der Waals surface area contributed by atoms with Gasteiger partial charge in [-0.3, -0.25) is 9.69 Å². The van der Waals surface area contributed by atoms with E-state index in [0.29, 0.717) is 35.9 Å². The van der Waals surface area contributed by atoms with Gasteiger partial charge in [-0.1, -0.05) is 23.3 Å². The van der Waals surface area contributed by atoms with Gasteiger partial charge in [0.15, 0.2) is 0 Å². The molecule has 3 N–H and O–H groups in total. The molecule has 0 saturated carbocycles. The molecule has 2 aliphatic heterocycles. The normalized spacial score (nSPS) is 17.0. The summed E-state index contributed by atoms with van der Waals surface area (Å²) in [5.41, 5.74) is 2.29. The first-order valence-electron chi connectivity index (χ1n) is 7.67. The van der Waals surface area contributed by atoms with E-state index in [2.05, 4.69) is 22.0 Å². The van der Waals surface area contributed by atoms with Crippen molar-refractivity contribution in [3.8, 4) is 0 Å². The van der Waals surface area contributed by atoms with Gasteiger partial charge in [-0.25, -0.2) is 4.79 Å². The number of amides is 3. The van der Waals surface area contributed by atoms with Crippen LogP contribution in [0.5, 0.6) is 0 Å². The van der Waals surface area contributed by atoms with Gasteiger partial charge in [0.1, 0.15) is 0 Å². The molecule has 130 valence electrons. The summed E-state index contributed by atoms with van der Waals surface area (Å²) in [5, 5.41) is 9.34. The summed E-state index contributed by atoms with van der Waals surface area (Å²) in [6.45, 7) is 3.46. The molecule has 0 aliphatic carbocycles. The number of hydrogen-bond donors (Lipinski definition) is 3. The molecule has 0 radical (unpaired) electrons. The van der Waals surface area contributed by atoms with Crippen molar-refractivity contribution in [1.82, 2.24) is 16.0 Å². The van der Waals surface area contributed by atoms with Gasteiger partial charge in [-0.05, 0) is 31.2 Å². The molecular formula is C16H20Cl2N4O2. The number of urea groups is 1. The van der Waals surface area contributed by atoms with Crippen LogP contribution in [0.25, 0.3) is 0 Å². The maximum absolute atomic E-state index is 12.3. The number of rotatable bonds is 4. The van der Waals surface area contributed by atoms with Crippen molar-refractivity contribution in [2.45, 2.75) is 6.42 Å². The number of hydrogen-bond acceptors (Lipinski definition) is 3. The topological polar surface area (TPSA) is 73.5 Å². The quantitative estimate of drug-likeness (QED) is 0.709. The van der Waals surface area contributed by atoms with Crippen LogP contribution in [0, 0.1) is 0 Å². The third-order valence-electron chi connectivity index (χ3n) is 3.99. The zero-order chi connectivity index (χ0) is 16.2. The molecule has 3 rings (SSSR count). The number of halogens is 2. The number of anilines is 1. The van der Waals surface area contributed by atoms with Crippen molar-refractivity contribution in [3.63, 3.8) is 0 Å². The van der Waals surface area contributed by atoms with Gasteiger partial charge in [0.2, 0.25) is 0 Å². The van der Waals surface area contributed by atoms with E-state index >= 15 is 0 Å². The fourth-order valence-corrected chi connectivity index (χ4v) is 2.91. The second kappa shape index (κ2) is 8.37. The molecule has 0 atom stereocenters. The lowest BCUT2D eigenvalue weighted by Crippen LogP contribution is -2.30. The van der Waals surface area contributed by atoms with E-state index in [1.807, 2.05) is 0 Å². The Morgan fingerprint density at radius 2 is 2.17 bits per heavy atom. The summed E-state index contributed by atoms with van der Waals surface area (Å²) in [6.07, 6.45) is 3.05. The molecule has 1 aromatic carbocycles. The van der Waals surface area contributed by atoms with E-state index in [1.165, 1.54) is 5.57 Å². The van der Waals surface area contributed by atoms with Crippen molar-refractivity contribution in [3.05, 3.63) is 40.4 Å². The van der Waals surface area contributed by atoms with Gasteiger partial charge >= 0.3 is 6.03 Å². The molecule has 1 aromatic rings. The Hall–Kier alpha value is -1.76. The van der Waals surface area contributed by atoms with Crippen molar-refractivity contribution in [2.75, 3.05) is 37.6 Å². The maximum atomic E-state index is 12.3. The van der Waals surface area contributed by atoms with E-state index in [9.17, 15) is 9.59 Å². The SMILES string of the molecule is Cl.O=C(NCC1=CCNCC1)c1ccc(Cl)c(N2CCNC2=O)c1. The first-order valence-corrected chi connectivity index (χ1v) is 8.04. The van der Waals surface area contributed by atoms with Gasteiger partial charge < -0.3 is 16.0 Å². The number of carbonyl (C=O) groups is 2. The van der Waals surface area contributed by atoms with Crippen LogP contribution in [0.2, 0.25) is 5.02 Å². The third-order valence-corrected chi connectivity index (χ3v) is 4.31. The van der Waals surface area contributed by atoms with Gasteiger partial charge in [-0.15, -0.1) is 12.4 Å². The van der Waals surface area contributed by atoms with Crippen LogP contribution in [-0.2, 0) is 0 Å². The molecule has 3 amide bonds. The first kappa shape index (κ1) is 18.6. The standard InChI is InChI=1S/C16H19ClN4O2.ClH/c17-13-2-1-12(9-14(13)21-8-7-19-16(21)23)15(22)20-10-11-3-5-18-6-4-11;/h1-3,9,18H,4-8,10H2,(H,19,23)(H,20,22);1H. The Kier molecular flexibility index (Phi) is 6.48. The smallest absolute Gasteiger partial charge is 0.322 e. The van der Waals surface area contributed by atoms with Crippen LogP contribution in [0.15, 0.2) is 29.8 Å². The Morgan fingerprint density at radius 3 is 2.83 bits per heavy atom. The van der Waals surface area contributed by atoms with Crippen LogP contribution >= 0.6 is 24.0 Å². The molecule has 2 aliphatic rings. The zero-order valence-corrected chi connectivity index (χ0v) is 14.7. The minimum atomic E-state index is -0.190. The van der Waals surface area contributed by atoms with Crippen molar-refractivity contribution in [1.29, 1.82) is 0 Å². The molecule has 0 unspecified atom stereocenters. The highest BCUT2D eigenvalue weighted by molar-refractivity contribution is 6.34. The van der Waals surface area contributed by atoms with Gasteiger partial charge in [0.05, 0.1) is 10.7 Å². The Labute approximate surface area is 152 Å². The summed E-state index contributed by atoms with van der Waals surface area (Å²) in [6, 6.07) is 4.80. The van der Waals surface area contributed by atoms with Crippen molar-refractivity contribution >= 4 is 41.6 Å². The lowest BCUT2D eigenvalue weighted by Gasteiger charge is -2.17. The molecule has 0 aromatic heterocycles. The van der Waals surface area contributed by atoms with E-state index in [4.69, 9.17) is 11.6 Å². The van der Waals surface area contributed by atoms with Crippen molar-refractivity contribution < 1.29 is 9.59 Å². The van der Waals surface area contributed by atoms with Gasteiger partial charge in [0.25, 0.3) is 5.91 Å². The van der Waals surface area contributed by atoms with E-state index in [-0.39, 0.29) is 24.3 Å². The molecule has 1 fully saturated rings. The summed E-state index contributed by atoms with van der Waals surface area (Å²) >= 11 is 6.18. The highest BCUT2D eigenvalue weighted by Gasteiger charge is 2.24. The molecule has 1 saturated heterocycles. The molecule has 2 heterocycles. The van der Waals surface area contributed by atoms with Gasteiger partial charge in [0, 0.05) is 31.7 Å². The van der Waals surface area contributed by atoms with Crippen molar-refractivity contribution in [2.24, 2.45) is 0 Å². The predicted molar refractivity (Wildman–Crippen MR) is 97.3 cm³/mol. The first-order chi connectivity index (χ1) is 11.1. The molecule has 24 heavy (non-hydrogen) atoms. The van der Waals surface area contributed by atoms with Crippen LogP contribution < -0.4 is 20.9 Å². The van der Waals surface area contributed by atoms with Crippen LogP contribution in [0.4, 0.5) is 10.5 Å². The second-order valence-electron chi connectivity index (χ2n) is 5.55. The van der Waals surface area contributed by atoms with Crippen LogP contribution in [0.3, 0.4) is 0 Å². The highest BCUT2D eigenvalue weighted by Crippen LogP contribution is 2.28. The summed E-state index contributed by atoms with van der Waals surface area (Å²) < 4.78 is 0. The minimum Gasteiger partial charge on any atom is -0.348 e. The number of nitrogens with one attached hydrogen (secondary N) is 3. The van der Waals surface area contributed by atoms with Gasteiger partial charge in [-0.2, -0.15) is 0 Å². The Balaban J connectivity index is 0.00000208. The lowest BCUT2D eigenvalue weighted by atomic mass is 10.1. The average Bonchev–Trinajstić information content (AvgIpc) is 3.00. The fraction of sp³-hybridized carbons (Fsp3) is 0.375. The number of nitrogens with zero attached hydrogens (tertiary/aromatic N) is 1. The zero-order valence-electron chi connectivity index (χ0n) is 13.1. The monoisotopic (exact) mass is 370 g/mol. The van der Waals surface area contributed by atoms with Crippen LogP contribution in [-0.4, -0.2) is 44.7 Å². The largest absolute Gasteiger partial charge is 0.348 e. The summed E-state index contributed by atoms with van der Waals surface area (Å²) in [4.78, 5) is 25.7. The lowest BCUT2D eigenvalue weighted by molar-refractivity contribution is 0.0956. The third kappa shape index (κ3) is 4.20. The summed E-state index contributed by atoms with van der Waals surface area (Å²) in [7, 11) is 0. The summed E-state index contributed by atoms with van der Waals surface area (Å²) in [5.74, 6) is -0.165. The Morgan fingerprint density at radius 1 is 1.33 bits per heavy atom. The molecule has 8 heteroatoms. The molecule has 6 nitrogen and oxygen atoms in total. The predicted octanol–water partition coefficient (Wildman–Crippen LogP) is 1.94. The minimum absolute atomic E-state index is 0. The van der Waals surface area contributed by atoms with E-state index in [1.54, 1.807) is 23.1 Å².